The van der Waals surface area contributed by atoms with E-state index in [1.165, 1.54) is 5.56 Å². The van der Waals surface area contributed by atoms with Gasteiger partial charge in [-0.05, 0) is 18.4 Å². The van der Waals surface area contributed by atoms with Crippen molar-refractivity contribution in [1.82, 2.24) is 0 Å². The van der Waals surface area contributed by atoms with Gasteiger partial charge < -0.3 is 10.8 Å². The Bertz CT molecular complexity index is 305. The van der Waals surface area contributed by atoms with E-state index in [1.807, 2.05) is 13.8 Å². The highest BCUT2D eigenvalue weighted by molar-refractivity contribution is 5.23. The van der Waals surface area contributed by atoms with Crippen LogP contribution in [0.25, 0.3) is 0 Å². The smallest absolute Gasteiger partial charge is 0.0832 e. The Morgan fingerprint density at radius 3 is 2.20 bits per heavy atom. The third kappa shape index (κ3) is 3.05. The van der Waals surface area contributed by atoms with E-state index in [4.69, 9.17) is 5.73 Å². The Labute approximate surface area is 92.1 Å². The van der Waals surface area contributed by atoms with Gasteiger partial charge in [-0.3, -0.25) is 0 Å². The third-order valence-corrected chi connectivity index (χ3v) is 3.06. The molecule has 0 bridgehead atoms. The van der Waals surface area contributed by atoms with E-state index in [0.29, 0.717) is 13.0 Å². The van der Waals surface area contributed by atoms with E-state index in [0.717, 1.165) is 5.56 Å². The number of benzene rings is 1. The summed E-state index contributed by atoms with van der Waals surface area (Å²) in [5.74, 6) is 0.170. The molecule has 0 amide bonds. The molecule has 0 aromatic heterocycles. The van der Waals surface area contributed by atoms with Crippen molar-refractivity contribution in [2.24, 2.45) is 11.7 Å². The SMILES string of the molecule is Cc1ccc(CC(O)(CN)C(C)C)cc1. The zero-order valence-electron chi connectivity index (χ0n) is 9.83. The lowest BCUT2D eigenvalue weighted by Gasteiger charge is -2.31. The monoisotopic (exact) mass is 207 g/mol. The van der Waals surface area contributed by atoms with Crippen LogP contribution in [0.3, 0.4) is 0 Å². The molecule has 1 atom stereocenters. The molecule has 0 heterocycles. The van der Waals surface area contributed by atoms with Gasteiger partial charge in [0.2, 0.25) is 0 Å². The summed E-state index contributed by atoms with van der Waals surface area (Å²) in [6.45, 7) is 6.36. The molecule has 0 fully saturated rings. The van der Waals surface area contributed by atoms with E-state index in [1.54, 1.807) is 0 Å². The van der Waals surface area contributed by atoms with Gasteiger partial charge in [-0.15, -0.1) is 0 Å². The van der Waals surface area contributed by atoms with Crippen LogP contribution in [0.2, 0.25) is 0 Å². The fourth-order valence-corrected chi connectivity index (χ4v) is 1.57. The lowest BCUT2D eigenvalue weighted by Crippen LogP contribution is -2.44. The van der Waals surface area contributed by atoms with Crippen LogP contribution in [0.1, 0.15) is 25.0 Å². The Morgan fingerprint density at radius 2 is 1.80 bits per heavy atom. The van der Waals surface area contributed by atoms with Gasteiger partial charge in [-0.25, -0.2) is 0 Å². The van der Waals surface area contributed by atoms with Crippen molar-refractivity contribution in [2.75, 3.05) is 6.54 Å². The molecule has 84 valence electrons. The summed E-state index contributed by atoms with van der Waals surface area (Å²) in [4.78, 5) is 0. The second kappa shape index (κ2) is 4.77. The predicted molar refractivity (Wildman–Crippen MR) is 63.7 cm³/mol. The quantitative estimate of drug-likeness (QED) is 0.792. The minimum atomic E-state index is -0.782. The van der Waals surface area contributed by atoms with Crippen LogP contribution in [0.15, 0.2) is 24.3 Å². The first kappa shape index (κ1) is 12.2. The number of rotatable bonds is 4. The maximum absolute atomic E-state index is 10.3. The third-order valence-electron chi connectivity index (χ3n) is 3.06. The van der Waals surface area contributed by atoms with Gasteiger partial charge in [-0.2, -0.15) is 0 Å². The van der Waals surface area contributed by atoms with Crippen LogP contribution in [0.5, 0.6) is 0 Å². The Morgan fingerprint density at radius 1 is 1.27 bits per heavy atom. The maximum atomic E-state index is 10.3. The first-order chi connectivity index (χ1) is 6.98. The van der Waals surface area contributed by atoms with Crippen LogP contribution in [-0.2, 0) is 6.42 Å². The fourth-order valence-electron chi connectivity index (χ4n) is 1.57. The van der Waals surface area contributed by atoms with Crippen molar-refractivity contribution in [3.8, 4) is 0 Å². The number of aryl methyl sites for hydroxylation is 1. The summed E-state index contributed by atoms with van der Waals surface area (Å²) < 4.78 is 0. The minimum absolute atomic E-state index is 0.170. The molecule has 0 aliphatic rings. The molecular formula is C13H21NO. The zero-order valence-corrected chi connectivity index (χ0v) is 9.83. The van der Waals surface area contributed by atoms with Gasteiger partial charge in [0.25, 0.3) is 0 Å². The molecule has 1 rings (SSSR count). The largest absolute Gasteiger partial charge is 0.388 e. The van der Waals surface area contributed by atoms with E-state index >= 15 is 0 Å². The first-order valence-electron chi connectivity index (χ1n) is 5.46. The molecule has 1 aromatic carbocycles. The molecule has 2 nitrogen and oxygen atoms in total. The van der Waals surface area contributed by atoms with Crippen molar-refractivity contribution < 1.29 is 5.11 Å². The number of aliphatic hydroxyl groups is 1. The second-order valence-corrected chi connectivity index (χ2v) is 4.62. The van der Waals surface area contributed by atoms with Crippen LogP contribution in [0.4, 0.5) is 0 Å². The molecule has 15 heavy (non-hydrogen) atoms. The molecule has 0 aliphatic heterocycles. The van der Waals surface area contributed by atoms with Gasteiger partial charge in [0.15, 0.2) is 0 Å². The summed E-state index contributed by atoms with van der Waals surface area (Å²) in [5.41, 5.74) is 7.23. The highest BCUT2D eigenvalue weighted by Crippen LogP contribution is 2.21. The highest BCUT2D eigenvalue weighted by Gasteiger charge is 2.29. The Hall–Kier alpha value is -0.860. The van der Waals surface area contributed by atoms with Gasteiger partial charge in [-0.1, -0.05) is 43.7 Å². The minimum Gasteiger partial charge on any atom is -0.388 e. The average Bonchev–Trinajstić information content (AvgIpc) is 2.21. The van der Waals surface area contributed by atoms with Crippen molar-refractivity contribution in [3.63, 3.8) is 0 Å². The average molecular weight is 207 g/mol. The molecule has 1 aromatic rings. The summed E-state index contributed by atoms with van der Waals surface area (Å²) in [6.07, 6.45) is 0.626. The Balaban J connectivity index is 2.79. The molecule has 0 radical (unpaired) electrons. The normalized spacial score (nSPS) is 15.3. The van der Waals surface area contributed by atoms with E-state index in [9.17, 15) is 5.11 Å². The summed E-state index contributed by atoms with van der Waals surface area (Å²) in [7, 11) is 0. The van der Waals surface area contributed by atoms with Crippen LogP contribution < -0.4 is 5.73 Å². The lowest BCUT2D eigenvalue weighted by atomic mass is 9.84. The van der Waals surface area contributed by atoms with Crippen molar-refractivity contribution in [2.45, 2.75) is 32.8 Å². The number of hydrogen-bond donors (Lipinski definition) is 2. The lowest BCUT2D eigenvalue weighted by molar-refractivity contribution is 0.00407. The number of nitrogens with two attached hydrogens (primary N) is 1. The van der Waals surface area contributed by atoms with Crippen LogP contribution >= 0.6 is 0 Å². The van der Waals surface area contributed by atoms with Gasteiger partial charge in [0.05, 0.1) is 5.60 Å². The second-order valence-electron chi connectivity index (χ2n) is 4.62. The van der Waals surface area contributed by atoms with Gasteiger partial charge in [0, 0.05) is 13.0 Å². The molecule has 1 unspecified atom stereocenters. The molecule has 3 N–H and O–H groups in total. The first-order valence-corrected chi connectivity index (χ1v) is 5.46. The standard InChI is InChI=1S/C13H21NO/c1-10(2)13(15,9-14)8-12-6-4-11(3)5-7-12/h4-7,10,15H,8-9,14H2,1-3H3. The molecule has 0 saturated heterocycles. The highest BCUT2D eigenvalue weighted by atomic mass is 16.3. The van der Waals surface area contributed by atoms with Crippen molar-refractivity contribution in [1.29, 1.82) is 0 Å². The predicted octanol–water partition coefficient (Wildman–Crippen LogP) is 1.88. The molecule has 2 heteroatoms. The Kier molecular flexibility index (Phi) is 3.89. The molecule has 0 saturated carbocycles. The van der Waals surface area contributed by atoms with Crippen LogP contribution in [-0.4, -0.2) is 17.3 Å². The number of hydrogen-bond acceptors (Lipinski definition) is 2. The van der Waals surface area contributed by atoms with E-state index < -0.39 is 5.60 Å². The fraction of sp³-hybridized carbons (Fsp3) is 0.538. The summed E-state index contributed by atoms with van der Waals surface area (Å²) in [5, 5.41) is 10.3. The topological polar surface area (TPSA) is 46.2 Å². The summed E-state index contributed by atoms with van der Waals surface area (Å²) >= 11 is 0. The van der Waals surface area contributed by atoms with E-state index in [-0.39, 0.29) is 5.92 Å². The molecular weight excluding hydrogens is 186 g/mol. The molecule has 0 spiro atoms. The van der Waals surface area contributed by atoms with Crippen molar-refractivity contribution >= 4 is 0 Å². The van der Waals surface area contributed by atoms with E-state index in [2.05, 4.69) is 31.2 Å². The zero-order chi connectivity index (χ0) is 11.5. The maximum Gasteiger partial charge on any atom is 0.0832 e. The van der Waals surface area contributed by atoms with Gasteiger partial charge >= 0.3 is 0 Å². The van der Waals surface area contributed by atoms with Crippen molar-refractivity contribution in [3.05, 3.63) is 35.4 Å². The van der Waals surface area contributed by atoms with Gasteiger partial charge in [0.1, 0.15) is 0 Å². The molecule has 0 aliphatic carbocycles. The summed E-state index contributed by atoms with van der Waals surface area (Å²) in [6, 6.07) is 8.23. The van der Waals surface area contributed by atoms with Crippen LogP contribution in [0, 0.1) is 12.8 Å².